The maximum absolute atomic E-state index is 11.7. The van der Waals surface area contributed by atoms with Gasteiger partial charge in [0.25, 0.3) is 0 Å². The molecule has 0 N–H and O–H groups in total. The topological polar surface area (TPSA) is 63.9 Å². The molecule has 1 amide bonds. The SMILES string of the molecule is CC(=O)N1CCCC[C@@H]1CCc1cnc(-n2ccnc2)cn1. The molecule has 1 aliphatic heterocycles. The van der Waals surface area contributed by atoms with Crippen molar-refractivity contribution in [3.63, 3.8) is 0 Å². The van der Waals surface area contributed by atoms with Crippen LogP contribution in [0.4, 0.5) is 0 Å². The molecule has 0 spiro atoms. The van der Waals surface area contributed by atoms with Crippen molar-refractivity contribution in [1.82, 2.24) is 24.4 Å². The fourth-order valence-electron chi connectivity index (χ4n) is 3.03. The predicted octanol–water partition coefficient (Wildman–Crippen LogP) is 2.00. The molecule has 6 nitrogen and oxygen atoms in total. The minimum atomic E-state index is 0.186. The molecule has 0 saturated carbocycles. The molecule has 6 heteroatoms. The Morgan fingerprint density at radius 3 is 2.91 bits per heavy atom. The number of aryl methyl sites for hydroxylation is 1. The van der Waals surface area contributed by atoms with Crippen molar-refractivity contribution in [1.29, 1.82) is 0 Å². The van der Waals surface area contributed by atoms with Crippen molar-refractivity contribution >= 4 is 5.91 Å². The van der Waals surface area contributed by atoms with Crippen LogP contribution in [-0.4, -0.2) is 42.9 Å². The molecule has 0 unspecified atom stereocenters. The number of likely N-dealkylation sites (tertiary alicyclic amines) is 1. The van der Waals surface area contributed by atoms with Gasteiger partial charge in [-0.2, -0.15) is 0 Å². The summed E-state index contributed by atoms with van der Waals surface area (Å²) in [6, 6.07) is 0.348. The van der Waals surface area contributed by atoms with E-state index < -0.39 is 0 Å². The van der Waals surface area contributed by atoms with Gasteiger partial charge in [-0.25, -0.2) is 9.97 Å². The van der Waals surface area contributed by atoms with Crippen LogP contribution in [0.5, 0.6) is 0 Å². The van der Waals surface area contributed by atoms with Gasteiger partial charge in [0.15, 0.2) is 5.82 Å². The van der Waals surface area contributed by atoms with E-state index in [1.54, 1.807) is 25.6 Å². The lowest BCUT2D eigenvalue weighted by Gasteiger charge is -2.35. The molecule has 22 heavy (non-hydrogen) atoms. The number of aromatic nitrogens is 4. The normalized spacial score (nSPS) is 18.4. The van der Waals surface area contributed by atoms with E-state index in [0.29, 0.717) is 6.04 Å². The number of amides is 1. The number of hydrogen-bond acceptors (Lipinski definition) is 4. The number of carbonyl (C=O) groups excluding carboxylic acids is 1. The zero-order chi connectivity index (χ0) is 15.4. The number of rotatable bonds is 4. The zero-order valence-corrected chi connectivity index (χ0v) is 12.9. The van der Waals surface area contributed by atoms with Gasteiger partial charge < -0.3 is 4.90 Å². The standard InChI is InChI=1S/C16H21N5O/c1-13(22)21-8-3-2-4-15(21)6-5-14-10-19-16(11-18-14)20-9-7-17-12-20/h7,9-12,15H,2-6,8H2,1H3/t15-/m1/s1. The van der Waals surface area contributed by atoms with Crippen molar-refractivity contribution in [3.05, 3.63) is 36.8 Å². The van der Waals surface area contributed by atoms with Gasteiger partial charge in [0, 0.05) is 31.9 Å². The summed E-state index contributed by atoms with van der Waals surface area (Å²) in [4.78, 5) is 26.6. The Labute approximate surface area is 130 Å². The highest BCUT2D eigenvalue weighted by molar-refractivity contribution is 5.73. The van der Waals surface area contributed by atoms with Crippen LogP contribution in [0.15, 0.2) is 31.1 Å². The third kappa shape index (κ3) is 3.32. The fourth-order valence-corrected chi connectivity index (χ4v) is 3.03. The van der Waals surface area contributed by atoms with E-state index in [1.807, 2.05) is 21.9 Å². The average molecular weight is 299 g/mol. The van der Waals surface area contributed by atoms with E-state index in [1.165, 1.54) is 6.42 Å². The van der Waals surface area contributed by atoms with E-state index in [0.717, 1.165) is 43.7 Å². The van der Waals surface area contributed by atoms with Crippen molar-refractivity contribution in [3.8, 4) is 5.82 Å². The molecular formula is C16H21N5O. The summed E-state index contributed by atoms with van der Waals surface area (Å²) in [5, 5.41) is 0. The second-order valence-corrected chi connectivity index (χ2v) is 5.74. The van der Waals surface area contributed by atoms with Crippen LogP contribution in [0.2, 0.25) is 0 Å². The summed E-state index contributed by atoms with van der Waals surface area (Å²) in [7, 11) is 0. The maximum Gasteiger partial charge on any atom is 0.219 e. The lowest BCUT2D eigenvalue weighted by molar-refractivity contribution is -0.132. The second kappa shape index (κ2) is 6.68. The van der Waals surface area contributed by atoms with Gasteiger partial charge in [-0.05, 0) is 32.1 Å². The summed E-state index contributed by atoms with van der Waals surface area (Å²) < 4.78 is 1.83. The van der Waals surface area contributed by atoms with E-state index in [-0.39, 0.29) is 5.91 Å². The van der Waals surface area contributed by atoms with Gasteiger partial charge in [0.05, 0.1) is 18.1 Å². The Bertz CT molecular complexity index is 608. The molecule has 0 aromatic carbocycles. The summed E-state index contributed by atoms with van der Waals surface area (Å²) in [5.41, 5.74) is 0.970. The van der Waals surface area contributed by atoms with E-state index >= 15 is 0 Å². The molecule has 2 aromatic rings. The van der Waals surface area contributed by atoms with Gasteiger partial charge in [-0.15, -0.1) is 0 Å². The number of piperidine rings is 1. The number of carbonyl (C=O) groups is 1. The van der Waals surface area contributed by atoms with Gasteiger partial charge >= 0.3 is 0 Å². The number of nitrogens with zero attached hydrogens (tertiary/aromatic N) is 5. The van der Waals surface area contributed by atoms with Crippen LogP contribution in [0.1, 0.15) is 38.3 Å². The zero-order valence-electron chi connectivity index (χ0n) is 12.9. The Morgan fingerprint density at radius 2 is 2.23 bits per heavy atom. The highest BCUT2D eigenvalue weighted by atomic mass is 16.2. The molecule has 2 aromatic heterocycles. The Balaban J connectivity index is 1.60. The minimum absolute atomic E-state index is 0.186. The predicted molar refractivity (Wildman–Crippen MR) is 82.5 cm³/mol. The van der Waals surface area contributed by atoms with E-state index in [4.69, 9.17) is 0 Å². The van der Waals surface area contributed by atoms with Gasteiger partial charge in [-0.1, -0.05) is 0 Å². The van der Waals surface area contributed by atoms with Crippen molar-refractivity contribution in [2.24, 2.45) is 0 Å². The lowest BCUT2D eigenvalue weighted by Crippen LogP contribution is -2.42. The molecule has 1 atom stereocenters. The first-order chi connectivity index (χ1) is 10.7. The number of hydrogen-bond donors (Lipinski definition) is 0. The molecule has 0 bridgehead atoms. The highest BCUT2D eigenvalue weighted by Crippen LogP contribution is 2.21. The molecule has 3 heterocycles. The van der Waals surface area contributed by atoms with Crippen LogP contribution in [0.25, 0.3) is 5.82 Å². The molecule has 1 saturated heterocycles. The van der Waals surface area contributed by atoms with Gasteiger partial charge in [-0.3, -0.25) is 14.3 Å². The fraction of sp³-hybridized carbons (Fsp3) is 0.500. The number of imidazole rings is 1. The van der Waals surface area contributed by atoms with Crippen molar-refractivity contribution < 1.29 is 4.79 Å². The summed E-state index contributed by atoms with van der Waals surface area (Å²) >= 11 is 0. The van der Waals surface area contributed by atoms with Crippen LogP contribution >= 0.6 is 0 Å². The smallest absolute Gasteiger partial charge is 0.219 e. The Hall–Kier alpha value is -2.24. The quantitative estimate of drug-likeness (QED) is 0.866. The minimum Gasteiger partial charge on any atom is -0.340 e. The van der Waals surface area contributed by atoms with Crippen LogP contribution in [0.3, 0.4) is 0 Å². The highest BCUT2D eigenvalue weighted by Gasteiger charge is 2.24. The summed E-state index contributed by atoms with van der Waals surface area (Å²) in [6.07, 6.45) is 14.1. The molecule has 0 aliphatic carbocycles. The monoisotopic (exact) mass is 299 g/mol. The molecule has 0 radical (unpaired) electrons. The molecular weight excluding hydrogens is 278 g/mol. The van der Waals surface area contributed by atoms with Crippen molar-refractivity contribution in [2.75, 3.05) is 6.54 Å². The molecule has 3 rings (SSSR count). The maximum atomic E-state index is 11.7. The Kier molecular flexibility index (Phi) is 4.46. The third-order valence-corrected chi connectivity index (χ3v) is 4.23. The molecule has 1 fully saturated rings. The first-order valence-corrected chi connectivity index (χ1v) is 7.80. The van der Waals surface area contributed by atoms with Crippen LogP contribution in [0, 0.1) is 0 Å². The van der Waals surface area contributed by atoms with Crippen LogP contribution < -0.4 is 0 Å². The second-order valence-electron chi connectivity index (χ2n) is 5.74. The largest absolute Gasteiger partial charge is 0.340 e. The van der Waals surface area contributed by atoms with Gasteiger partial charge in [0.2, 0.25) is 5.91 Å². The first-order valence-electron chi connectivity index (χ1n) is 7.80. The van der Waals surface area contributed by atoms with E-state index in [9.17, 15) is 4.79 Å². The average Bonchev–Trinajstić information content (AvgIpc) is 3.08. The van der Waals surface area contributed by atoms with Gasteiger partial charge in [0.1, 0.15) is 6.33 Å². The van der Waals surface area contributed by atoms with Crippen LogP contribution in [-0.2, 0) is 11.2 Å². The summed E-state index contributed by atoms with van der Waals surface area (Å²) in [5.74, 6) is 0.954. The first kappa shape index (κ1) is 14.7. The van der Waals surface area contributed by atoms with E-state index in [2.05, 4.69) is 15.0 Å². The molecule has 1 aliphatic rings. The summed E-state index contributed by atoms with van der Waals surface area (Å²) in [6.45, 7) is 2.56. The van der Waals surface area contributed by atoms with Crippen molar-refractivity contribution in [2.45, 2.75) is 45.1 Å². The lowest BCUT2D eigenvalue weighted by atomic mass is 9.97. The Morgan fingerprint density at radius 1 is 1.32 bits per heavy atom. The molecule has 116 valence electrons. The third-order valence-electron chi connectivity index (χ3n) is 4.23.